The van der Waals surface area contributed by atoms with E-state index in [9.17, 15) is 10.1 Å². The number of nitrogens with two attached hydrogens (primary N) is 1. The Morgan fingerprint density at radius 1 is 1.17 bits per heavy atom. The zero-order valence-electron chi connectivity index (χ0n) is 9.79. The van der Waals surface area contributed by atoms with Gasteiger partial charge in [-0.1, -0.05) is 18.2 Å². The molecule has 0 aliphatic carbocycles. The molecule has 0 aliphatic heterocycles. The molecule has 0 fully saturated rings. The highest BCUT2D eigenvalue weighted by Crippen LogP contribution is 2.34. The van der Waals surface area contributed by atoms with Crippen LogP contribution in [0, 0.1) is 17.0 Å². The Morgan fingerprint density at radius 2 is 1.83 bits per heavy atom. The third kappa shape index (κ3) is 2.24. The average Bonchev–Trinajstić information content (AvgIpc) is 2.36. The van der Waals surface area contributed by atoms with E-state index in [1.165, 1.54) is 6.07 Å². The van der Waals surface area contributed by atoms with Crippen LogP contribution < -0.4 is 10.5 Å². The first-order valence-corrected chi connectivity index (χ1v) is 5.36. The molecule has 0 amide bonds. The number of rotatable bonds is 3. The zero-order valence-corrected chi connectivity index (χ0v) is 9.79. The predicted octanol–water partition coefficient (Wildman–Crippen LogP) is 3.28. The van der Waals surface area contributed by atoms with Crippen molar-refractivity contribution in [2.45, 2.75) is 6.92 Å². The molecule has 0 unspecified atom stereocenters. The van der Waals surface area contributed by atoms with Crippen LogP contribution in [0.3, 0.4) is 0 Å². The van der Waals surface area contributed by atoms with Gasteiger partial charge >= 0.3 is 0 Å². The van der Waals surface area contributed by atoms with E-state index in [4.69, 9.17) is 10.5 Å². The Balaban J connectivity index is 2.36. The molecule has 0 bridgehead atoms. The summed E-state index contributed by atoms with van der Waals surface area (Å²) in [5.74, 6) is 1.18. The van der Waals surface area contributed by atoms with Gasteiger partial charge < -0.3 is 10.5 Å². The van der Waals surface area contributed by atoms with Gasteiger partial charge in [-0.3, -0.25) is 10.1 Å². The molecule has 0 saturated carbocycles. The second-order valence-electron chi connectivity index (χ2n) is 3.79. The Hall–Kier alpha value is -2.56. The Kier molecular flexibility index (Phi) is 3.14. The predicted molar refractivity (Wildman–Crippen MR) is 68.8 cm³/mol. The molecule has 0 atom stereocenters. The quantitative estimate of drug-likeness (QED) is 0.510. The molecule has 0 spiro atoms. The smallest absolute Gasteiger partial charge is 0.292 e. The lowest BCUT2D eigenvalue weighted by atomic mass is 10.1. The van der Waals surface area contributed by atoms with Crippen LogP contribution in [0.4, 0.5) is 11.4 Å². The van der Waals surface area contributed by atoms with Crippen LogP contribution in [-0.2, 0) is 0 Å². The molecule has 0 radical (unpaired) electrons. The molecular formula is C13H12N2O3. The summed E-state index contributed by atoms with van der Waals surface area (Å²) < 4.78 is 5.62. The van der Waals surface area contributed by atoms with Crippen molar-refractivity contribution in [3.05, 3.63) is 58.1 Å². The van der Waals surface area contributed by atoms with Gasteiger partial charge in [0.2, 0.25) is 0 Å². The minimum atomic E-state index is -0.505. The van der Waals surface area contributed by atoms with Gasteiger partial charge in [0.1, 0.15) is 17.2 Å². The molecule has 0 aliphatic rings. The summed E-state index contributed by atoms with van der Waals surface area (Å²) in [5.41, 5.74) is 6.31. The van der Waals surface area contributed by atoms with E-state index in [1.807, 2.05) is 18.2 Å². The first-order chi connectivity index (χ1) is 8.59. The minimum Gasteiger partial charge on any atom is -0.457 e. The summed E-state index contributed by atoms with van der Waals surface area (Å²) in [6.45, 7) is 1.70. The Morgan fingerprint density at radius 3 is 2.44 bits per heavy atom. The maximum atomic E-state index is 10.7. The van der Waals surface area contributed by atoms with Crippen molar-refractivity contribution in [2.24, 2.45) is 0 Å². The number of anilines is 1. The van der Waals surface area contributed by atoms with E-state index in [1.54, 1.807) is 25.1 Å². The topological polar surface area (TPSA) is 78.4 Å². The molecule has 2 aromatic rings. The number of hydrogen-bond acceptors (Lipinski definition) is 4. The van der Waals surface area contributed by atoms with Crippen LogP contribution in [0.2, 0.25) is 0 Å². The molecule has 2 N–H and O–H groups in total. The van der Waals surface area contributed by atoms with Crippen molar-refractivity contribution in [3.8, 4) is 11.5 Å². The highest BCUT2D eigenvalue weighted by molar-refractivity contribution is 5.67. The van der Waals surface area contributed by atoms with Gasteiger partial charge in [0.25, 0.3) is 5.69 Å². The summed E-state index contributed by atoms with van der Waals surface area (Å²) in [5, 5.41) is 10.7. The number of para-hydroxylation sites is 1. The number of nitrogens with zero attached hydrogens (tertiary/aromatic N) is 1. The summed E-state index contributed by atoms with van der Waals surface area (Å²) in [7, 11) is 0. The fourth-order valence-electron chi connectivity index (χ4n) is 1.58. The summed E-state index contributed by atoms with van der Waals surface area (Å²) in [6, 6.07) is 12.1. The van der Waals surface area contributed by atoms with Crippen molar-refractivity contribution in [3.63, 3.8) is 0 Å². The molecule has 5 nitrogen and oxygen atoms in total. The summed E-state index contributed by atoms with van der Waals surface area (Å²) in [6.07, 6.45) is 0. The monoisotopic (exact) mass is 244 g/mol. The van der Waals surface area contributed by atoms with Gasteiger partial charge in [-0.25, -0.2) is 0 Å². The molecule has 2 rings (SSSR count). The van der Waals surface area contributed by atoms with Gasteiger partial charge in [-0.15, -0.1) is 0 Å². The third-order valence-corrected chi connectivity index (χ3v) is 2.61. The van der Waals surface area contributed by atoms with Gasteiger partial charge in [0.15, 0.2) is 0 Å². The lowest BCUT2D eigenvalue weighted by Crippen LogP contribution is -1.99. The largest absolute Gasteiger partial charge is 0.457 e. The second kappa shape index (κ2) is 4.75. The summed E-state index contributed by atoms with van der Waals surface area (Å²) >= 11 is 0. The van der Waals surface area contributed by atoms with E-state index in [0.29, 0.717) is 17.1 Å². The van der Waals surface area contributed by atoms with Gasteiger partial charge in [-0.05, 0) is 25.1 Å². The van der Waals surface area contributed by atoms with Gasteiger partial charge in [0, 0.05) is 11.6 Å². The van der Waals surface area contributed by atoms with Crippen LogP contribution in [-0.4, -0.2) is 4.92 Å². The van der Waals surface area contributed by atoms with Crippen LogP contribution >= 0.6 is 0 Å². The number of hydrogen-bond donors (Lipinski definition) is 1. The molecule has 92 valence electrons. The maximum Gasteiger partial charge on any atom is 0.292 e. The number of ether oxygens (including phenoxy) is 1. The number of nitrogen functional groups attached to an aromatic ring is 1. The third-order valence-electron chi connectivity index (χ3n) is 2.61. The fraction of sp³-hybridized carbons (Fsp3) is 0.0769. The van der Waals surface area contributed by atoms with E-state index in [0.717, 1.165) is 0 Å². The SMILES string of the molecule is Cc1c(Oc2ccccc2)ccc([N+](=O)[O-])c1N. The highest BCUT2D eigenvalue weighted by Gasteiger charge is 2.16. The normalized spacial score (nSPS) is 10.1. The summed E-state index contributed by atoms with van der Waals surface area (Å²) in [4.78, 5) is 10.2. The molecule has 2 aromatic carbocycles. The van der Waals surface area contributed by atoms with E-state index >= 15 is 0 Å². The molecule has 0 saturated heterocycles. The van der Waals surface area contributed by atoms with E-state index in [2.05, 4.69) is 0 Å². The Bertz CT molecular complexity index is 582. The minimum absolute atomic E-state index is 0.104. The van der Waals surface area contributed by atoms with Gasteiger partial charge in [0.05, 0.1) is 4.92 Å². The lowest BCUT2D eigenvalue weighted by molar-refractivity contribution is -0.383. The molecule has 18 heavy (non-hydrogen) atoms. The van der Waals surface area contributed by atoms with Crippen molar-refractivity contribution in [1.29, 1.82) is 0 Å². The number of nitro benzene ring substituents is 1. The average molecular weight is 244 g/mol. The van der Waals surface area contributed by atoms with Crippen molar-refractivity contribution in [1.82, 2.24) is 0 Å². The molecule has 0 heterocycles. The maximum absolute atomic E-state index is 10.7. The number of benzene rings is 2. The lowest BCUT2D eigenvalue weighted by Gasteiger charge is -2.10. The van der Waals surface area contributed by atoms with E-state index < -0.39 is 4.92 Å². The van der Waals surface area contributed by atoms with E-state index in [-0.39, 0.29) is 11.4 Å². The highest BCUT2D eigenvalue weighted by atomic mass is 16.6. The van der Waals surface area contributed by atoms with Crippen molar-refractivity contribution < 1.29 is 9.66 Å². The van der Waals surface area contributed by atoms with Crippen LogP contribution in [0.1, 0.15) is 5.56 Å². The Labute approximate surface area is 104 Å². The first kappa shape index (κ1) is 11.9. The van der Waals surface area contributed by atoms with Crippen molar-refractivity contribution in [2.75, 3.05) is 5.73 Å². The van der Waals surface area contributed by atoms with Crippen LogP contribution in [0.25, 0.3) is 0 Å². The fourth-order valence-corrected chi connectivity index (χ4v) is 1.58. The van der Waals surface area contributed by atoms with Gasteiger partial charge in [-0.2, -0.15) is 0 Å². The second-order valence-corrected chi connectivity index (χ2v) is 3.79. The van der Waals surface area contributed by atoms with Crippen LogP contribution in [0.15, 0.2) is 42.5 Å². The number of nitro groups is 1. The molecular weight excluding hydrogens is 232 g/mol. The van der Waals surface area contributed by atoms with Crippen molar-refractivity contribution >= 4 is 11.4 Å². The molecule has 5 heteroatoms. The zero-order chi connectivity index (χ0) is 13.1. The first-order valence-electron chi connectivity index (χ1n) is 5.36. The van der Waals surface area contributed by atoms with Crippen LogP contribution in [0.5, 0.6) is 11.5 Å². The molecule has 0 aromatic heterocycles. The standard InChI is InChI=1S/C13H12N2O3/c1-9-12(18-10-5-3-2-4-6-10)8-7-11(13(9)14)15(16)17/h2-8H,14H2,1H3.